The minimum absolute atomic E-state index is 0.0544. The van der Waals surface area contributed by atoms with Crippen LogP contribution in [0, 0.1) is 0 Å². The van der Waals surface area contributed by atoms with Crippen LogP contribution in [0.1, 0.15) is 36.7 Å². The molecule has 0 saturated heterocycles. The van der Waals surface area contributed by atoms with E-state index in [0.29, 0.717) is 22.1 Å². The molecule has 0 bridgehead atoms. The Labute approximate surface area is 173 Å². The fraction of sp³-hybridized carbons (Fsp3) is 0.227. The Morgan fingerprint density at radius 2 is 1.76 bits per heavy atom. The molecule has 0 saturated carbocycles. The molecule has 0 atom stereocenters. The van der Waals surface area contributed by atoms with E-state index in [0.717, 1.165) is 0 Å². The molecule has 150 valence electrons. The fourth-order valence-electron chi connectivity index (χ4n) is 2.63. The Morgan fingerprint density at radius 1 is 1.03 bits per heavy atom. The number of nitrogens with zero attached hydrogens (tertiary/aromatic N) is 1. The quantitative estimate of drug-likeness (QED) is 0.618. The van der Waals surface area contributed by atoms with Crippen LogP contribution >= 0.6 is 11.3 Å². The molecule has 29 heavy (non-hydrogen) atoms. The van der Waals surface area contributed by atoms with Gasteiger partial charge < -0.3 is 10.1 Å². The summed E-state index contributed by atoms with van der Waals surface area (Å²) in [5, 5.41) is 7.72. The van der Waals surface area contributed by atoms with Gasteiger partial charge in [-0.25, -0.2) is 4.98 Å². The summed E-state index contributed by atoms with van der Waals surface area (Å²) in [4.78, 5) is 28.8. The summed E-state index contributed by atoms with van der Waals surface area (Å²) in [6, 6.07) is 14.5. The number of hydrogen-bond acceptors (Lipinski definition) is 5. The highest BCUT2D eigenvalue weighted by Gasteiger charge is 2.15. The van der Waals surface area contributed by atoms with Crippen LogP contribution in [-0.4, -0.2) is 23.4 Å². The first-order valence-electron chi connectivity index (χ1n) is 9.16. The fourth-order valence-corrected chi connectivity index (χ4v) is 3.15. The average Bonchev–Trinajstić information content (AvgIpc) is 3.19. The smallest absolute Gasteiger partial charge is 0.262 e. The van der Waals surface area contributed by atoms with Crippen LogP contribution in [0.4, 0.5) is 10.8 Å². The van der Waals surface area contributed by atoms with Crippen LogP contribution in [-0.2, 0) is 10.2 Å². The van der Waals surface area contributed by atoms with Gasteiger partial charge in [-0.15, -0.1) is 11.3 Å². The molecule has 2 N–H and O–H groups in total. The standard InChI is InChI=1S/C22H23N3O3S/c1-22(2,3)15-8-10-16(11-9-15)28-14-19(26)24-18-7-5-4-6-17(18)20(27)25-21-23-12-13-29-21/h4-13H,14H2,1-3H3,(H,24,26)(H,23,25,27). The summed E-state index contributed by atoms with van der Waals surface area (Å²) in [5.74, 6) is -0.0723. The van der Waals surface area contributed by atoms with E-state index in [1.165, 1.54) is 16.9 Å². The van der Waals surface area contributed by atoms with Gasteiger partial charge in [-0.1, -0.05) is 45.0 Å². The Bertz CT molecular complexity index is 977. The van der Waals surface area contributed by atoms with Crippen molar-refractivity contribution in [2.45, 2.75) is 26.2 Å². The van der Waals surface area contributed by atoms with Crippen LogP contribution in [0.3, 0.4) is 0 Å². The third-order valence-corrected chi connectivity index (χ3v) is 4.88. The van der Waals surface area contributed by atoms with Gasteiger partial charge >= 0.3 is 0 Å². The van der Waals surface area contributed by atoms with Crippen molar-refractivity contribution < 1.29 is 14.3 Å². The van der Waals surface area contributed by atoms with Crippen LogP contribution < -0.4 is 15.4 Å². The zero-order valence-corrected chi connectivity index (χ0v) is 17.4. The van der Waals surface area contributed by atoms with Crippen molar-refractivity contribution >= 4 is 34.0 Å². The molecule has 2 amide bonds. The predicted molar refractivity (Wildman–Crippen MR) is 116 cm³/mol. The molecule has 0 aliphatic carbocycles. The molecule has 0 unspecified atom stereocenters. The first kappa shape index (κ1) is 20.5. The molecule has 0 fully saturated rings. The van der Waals surface area contributed by atoms with Gasteiger partial charge in [-0.05, 0) is 35.2 Å². The zero-order chi connectivity index (χ0) is 20.9. The van der Waals surface area contributed by atoms with Crippen molar-refractivity contribution in [1.82, 2.24) is 4.98 Å². The molecule has 1 aromatic heterocycles. The van der Waals surface area contributed by atoms with Crippen molar-refractivity contribution in [3.05, 3.63) is 71.2 Å². The van der Waals surface area contributed by atoms with Crippen molar-refractivity contribution in [3.63, 3.8) is 0 Å². The molecule has 2 aromatic carbocycles. The molecule has 0 spiro atoms. The van der Waals surface area contributed by atoms with E-state index >= 15 is 0 Å². The maximum atomic E-state index is 12.5. The molecule has 1 heterocycles. The van der Waals surface area contributed by atoms with E-state index in [1.807, 2.05) is 24.3 Å². The largest absolute Gasteiger partial charge is 0.484 e. The maximum Gasteiger partial charge on any atom is 0.262 e. The van der Waals surface area contributed by atoms with Gasteiger partial charge in [0.25, 0.3) is 11.8 Å². The van der Waals surface area contributed by atoms with Crippen LogP contribution in [0.25, 0.3) is 0 Å². The normalized spacial score (nSPS) is 11.0. The van der Waals surface area contributed by atoms with Gasteiger partial charge in [0, 0.05) is 11.6 Å². The highest BCUT2D eigenvalue weighted by atomic mass is 32.1. The van der Waals surface area contributed by atoms with E-state index in [9.17, 15) is 9.59 Å². The summed E-state index contributed by atoms with van der Waals surface area (Å²) < 4.78 is 5.57. The van der Waals surface area contributed by atoms with Crippen LogP contribution in [0.15, 0.2) is 60.1 Å². The Balaban J connectivity index is 1.60. The number of nitrogens with one attached hydrogen (secondary N) is 2. The van der Waals surface area contributed by atoms with Gasteiger partial charge in [0.1, 0.15) is 5.75 Å². The number of rotatable bonds is 6. The minimum atomic E-state index is -0.348. The highest BCUT2D eigenvalue weighted by molar-refractivity contribution is 7.13. The Morgan fingerprint density at radius 3 is 2.41 bits per heavy atom. The molecular formula is C22H23N3O3S. The lowest BCUT2D eigenvalue weighted by atomic mass is 9.87. The molecule has 6 nitrogen and oxygen atoms in total. The lowest BCUT2D eigenvalue weighted by Crippen LogP contribution is -2.22. The summed E-state index contributed by atoms with van der Waals surface area (Å²) in [6.45, 7) is 6.26. The van der Waals surface area contributed by atoms with Gasteiger partial charge in [0.2, 0.25) is 0 Å². The van der Waals surface area contributed by atoms with E-state index < -0.39 is 0 Å². The van der Waals surface area contributed by atoms with E-state index in [-0.39, 0.29) is 23.8 Å². The number of para-hydroxylation sites is 1. The summed E-state index contributed by atoms with van der Waals surface area (Å²) in [6.07, 6.45) is 1.61. The van der Waals surface area contributed by atoms with Gasteiger partial charge in [0.05, 0.1) is 11.3 Å². The number of aromatic nitrogens is 1. The topological polar surface area (TPSA) is 80.3 Å². The van der Waals surface area contributed by atoms with Crippen molar-refractivity contribution in [3.8, 4) is 5.75 Å². The van der Waals surface area contributed by atoms with Crippen molar-refractivity contribution in [2.24, 2.45) is 0 Å². The summed E-state index contributed by atoms with van der Waals surface area (Å²) in [5.41, 5.74) is 2.01. The summed E-state index contributed by atoms with van der Waals surface area (Å²) >= 11 is 1.32. The van der Waals surface area contributed by atoms with E-state index in [4.69, 9.17) is 4.74 Å². The number of carbonyl (C=O) groups is 2. The molecule has 0 aliphatic rings. The maximum absolute atomic E-state index is 12.5. The van der Waals surface area contributed by atoms with E-state index in [1.54, 1.807) is 35.8 Å². The van der Waals surface area contributed by atoms with Crippen LogP contribution in [0.5, 0.6) is 5.75 Å². The molecule has 3 aromatic rings. The minimum Gasteiger partial charge on any atom is -0.484 e. The van der Waals surface area contributed by atoms with Gasteiger partial charge in [0.15, 0.2) is 11.7 Å². The Hall–Kier alpha value is -3.19. The lowest BCUT2D eigenvalue weighted by molar-refractivity contribution is -0.118. The lowest BCUT2D eigenvalue weighted by Gasteiger charge is -2.19. The average molecular weight is 410 g/mol. The zero-order valence-electron chi connectivity index (χ0n) is 16.6. The Kier molecular flexibility index (Phi) is 6.29. The molecule has 7 heteroatoms. The number of thiazole rings is 1. The third-order valence-electron chi connectivity index (χ3n) is 4.19. The van der Waals surface area contributed by atoms with Gasteiger partial charge in [-0.3, -0.25) is 14.9 Å². The first-order valence-corrected chi connectivity index (χ1v) is 10.0. The third kappa shape index (κ3) is 5.65. The number of carbonyl (C=O) groups excluding carboxylic acids is 2. The number of ether oxygens (including phenoxy) is 1. The molecular weight excluding hydrogens is 386 g/mol. The van der Waals surface area contributed by atoms with E-state index in [2.05, 4.69) is 36.4 Å². The SMILES string of the molecule is CC(C)(C)c1ccc(OCC(=O)Nc2ccccc2C(=O)Nc2nccs2)cc1. The van der Waals surface area contributed by atoms with Crippen LogP contribution in [0.2, 0.25) is 0 Å². The number of benzene rings is 2. The van der Waals surface area contributed by atoms with Gasteiger partial charge in [-0.2, -0.15) is 0 Å². The molecule has 0 aliphatic heterocycles. The first-order chi connectivity index (χ1) is 13.8. The second-order valence-corrected chi connectivity index (χ2v) is 8.34. The second kappa shape index (κ2) is 8.87. The monoisotopic (exact) mass is 409 g/mol. The number of anilines is 2. The van der Waals surface area contributed by atoms with Crippen molar-refractivity contribution in [1.29, 1.82) is 0 Å². The molecule has 3 rings (SSSR count). The van der Waals surface area contributed by atoms with Crippen molar-refractivity contribution in [2.75, 3.05) is 17.2 Å². The predicted octanol–water partition coefficient (Wildman–Crippen LogP) is 4.71. The number of amides is 2. The summed E-state index contributed by atoms with van der Waals surface area (Å²) in [7, 11) is 0. The number of hydrogen-bond donors (Lipinski definition) is 2. The highest BCUT2D eigenvalue weighted by Crippen LogP contribution is 2.24. The molecule has 0 radical (unpaired) electrons. The second-order valence-electron chi connectivity index (χ2n) is 7.45.